The van der Waals surface area contributed by atoms with E-state index in [4.69, 9.17) is 11.5 Å². The summed E-state index contributed by atoms with van der Waals surface area (Å²) in [5.74, 6) is -0.00147. The van der Waals surface area contributed by atoms with Crippen LogP contribution in [0, 0.1) is 5.82 Å². The Bertz CT molecular complexity index is 1300. The molecular weight excluding hydrogens is 387 g/mol. The Balaban J connectivity index is 1.87. The molecule has 0 unspecified atom stereocenters. The molecule has 4 nitrogen and oxygen atoms in total. The van der Waals surface area contributed by atoms with Crippen molar-refractivity contribution in [3.05, 3.63) is 71.2 Å². The van der Waals surface area contributed by atoms with Gasteiger partial charge in [0.25, 0.3) is 0 Å². The lowest BCUT2D eigenvalue weighted by Crippen LogP contribution is -2.24. The number of nitrogens with two attached hydrogens (primary N) is 2. The zero-order chi connectivity index (χ0) is 22.6. The maximum absolute atomic E-state index is 14.6. The van der Waals surface area contributed by atoms with Gasteiger partial charge in [0.15, 0.2) is 11.6 Å². The van der Waals surface area contributed by atoms with Crippen LogP contribution in [0.5, 0.6) is 0 Å². The second-order valence-corrected chi connectivity index (χ2v) is 9.97. The highest BCUT2D eigenvalue weighted by atomic mass is 19.1. The molecule has 31 heavy (non-hydrogen) atoms. The molecule has 0 bridgehead atoms. The number of hydrogen-bond donors (Lipinski definition) is 2. The summed E-state index contributed by atoms with van der Waals surface area (Å²) in [5.41, 5.74) is 15.5. The topological polar surface area (TPSA) is 77.8 Å². The number of fused-ring (bicyclic) bond motifs is 2. The summed E-state index contributed by atoms with van der Waals surface area (Å²) in [6.45, 7) is 10.8. The number of benzene rings is 2. The van der Waals surface area contributed by atoms with Crippen molar-refractivity contribution in [2.24, 2.45) is 0 Å². The van der Waals surface area contributed by atoms with Gasteiger partial charge in [-0.2, -0.15) is 0 Å². The molecule has 0 aliphatic heterocycles. The first kappa shape index (κ1) is 21.0. The van der Waals surface area contributed by atoms with E-state index >= 15 is 0 Å². The van der Waals surface area contributed by atoms with Gasteiger partial charge in [-0.25, -0.2) is 14.4 Å². The van der Waals surface area contributed by atoms with Crippen LogP contribution in [-0.4, -0.2) is 9.97 Å². The van der Waals surface area contributed by atoms with Crippen LogP contribution in [0.4, 0.5) is 16.0 Å². The van der Waals surface area contributed by atoms with Crippen molar-refractivity contribution in [1.82, 2.24) is 9.97 Å². The van der Waals surface area contributed by atoms with Crippen LogP contribution in [-0.2, 0) is 17.3 Å². The van der Waals surface area contributed by atoms with E-state index in [2.05, 4.69) is 56.7 Å². The summed E-state index contributed by atoms with van der Waals surface area (Å²) in [5, 5.41) is 2.36. The third-order valence-electron chi connectivity index (χ3n) is 5.84. The maximum Gasteiger partial charge on any atom is 0.173 e. The van der Waals surface area contributed by atoms with E-state index in [9.17, 15) is 4.39 Å². The first-order chi connectivity index (χ1) is 14.5. The Morgan fingerprint density at radius 2 is 1.55 bits per heavy atom. The zero-order valence-corrected chi connectivity index (χ0v) is 18.8. The van der Waals surface area contributed by atoms with Crippen molar-refractivity contribution in [3.8, 4) is 0 Å². The molecule has 4 N–H and O–H groups in total. The first-order valence-corrected chi connectivity index (χ1v) is 10.5. The molecule has 2 aromatic heterocycles. The fourth-order valence-corrected chi connectivity index (χ4v) is 4.34. The standard InChI is InChI=1S/C26H29FN4/c1-25(2,3)19-13-15(12-16-10-11-20(28)30-22(16)19)14-26(4,5)23-18-9-7-6-8-17(18)21(27)24(29)31-23/h6-13H,14H2,1-5H3,(H2,28,30)(H2,29,31). The maximum atomic E-state index is 14.6. The summed E-state index contributed by atoms with van der Waals surface area (Å²) in [4.78, 5) is 9.09. The molecule has 0 aliphatic rings. The second-order valence-electron chi connectivity index (χ2n) is 9.97. The van der Waals surface area contributed by atoms with E-state index in [1.165, 1.54) is 5.56 Å². The molecular formula is C26H29FN4. The highest BCUT2D eigenvalue weighted by Gasteiger charge is 2.28. The minimum absolute atomic E-state index is 0.0599. The van der Waals surface area contributed by atoms with Crippen molar-refractivity contribution in [1.29, 1.82) is 0 Å². The highest BCUT2D eigenvalue weighted by molar-refractivity contribution is 5.88. The SMILES string of the molecule is CC(C)(C)c1cc(CC(C)(C)c2nc(N)c(F)c3ccccc23)cc2ccc(N)nc12. The van der Waals surface area contributed by atoms with E-state index in [1.807, 2.05) is 30.3 Å². The van der Waals surface area contributed by atoms with Crippen LogP contribution < -0.4 is 11.5 Å². The number of halogens is 1. The average Bonchev–Trinajstić information content (AvgIpc) is 2.69. The van der Waals surface area contributed by atoms with Crippen molar-refractivity contribution >= 4 is 33.3 Å². The van der Waals surface area contributed by atoms with E-state index in [0.717, 1.165) is 34.0 Å². The van der Waals surface area contributed by atoms with E-state index < -0.39 is 5.82 Å². The summed E-state index contributed by atoms with van der Waals surface area (Å²) in [6.07, 6.45) is 0.721. The predicted molar refractivity (Wildman–Crippen MR) is 128 cm³/mol. The molecule has 0 amide bonds. The number of pyridine rings is 2. The molecule has 0 saturated carbocycles. The predicted octanol–water partition coefficient (Wildman–Crippen LogP) is 5.90. The fraction of sp³-hybridized carbons (Fsp3) is 0.308. The van der Waals surface area contributed by atoms with Crippen molar-refractivity contribution in [2.45, 2.75) is 51.9 Å². The lowest BCUT2D eigenvalue weighted by Gasteiger charge is -2.28. The van der Waals surface area contributed by atoms with Gasteiger partial charge in [0.1, 0.15) is 5.82 Å². The fourth-order valence-electron chi connectivity index (χ4n) is 4.34. The molecule has 5 heteroatoms. The summed E-state index contributed by atoms with van der Waals surface area (Å²) < 4.78 is 14.6. The molecule has 0 fully saturated rings. The molecule has 0 radical (unpaired) electrons. The molecule has 160 valence electrons. The Morgan fingerprint density at radius 1 is 0.871 bits per heavy atom. The van der Waals surface area contributed by atoms with Crippen LogP contribution in [0.1, 0.15) is 51.4 Å². The largest absolute Gasteiger partial charge is 0.384 e. The van der Waals surface area contributed by atoms with Gasteiger partial charge in [0.2, 0.25) is 0 Å². The summed E-state index contributed by atoms with van der Waals surface area (Å²) >= 11 is 0. The van der Waals surface area contributed by atoms with Crippen LogP contribution in [0.2, 0.25) is 0 Å². The molecule has 0 spiro atoms. The molecule has 4 rings (SSSR count). The Morgan fingerprint density at radius 3 is 2.23 bits per heavy atom. The van der Waals surface area contributed by atoms with Gasteiger partial charge in [0.05, 0.1) is 11.2 Å². The minimum atomic E-state index is -0.459. The van der Waals surface area contributed by atoms with E-state index in [1.54, 1.807) is 6.07 Å². The van der Waals surface area contributed by atoms with Crippen LogP contribution >= 0.6 is 0 Å². The number of aromatic nitrogens is 2. The highest BCUT2D eigenvalue weighted by Crippen LogP contribution is 2.37. The lowest BCUT2D eigenvalue weighted by atomic mass is 9.78. The molecule has 0 saturated heterocycles. The lowest BCUT2D eigenvalue weighted by molar-refractivity contribution is 0.508. The van der Waals surface area contributed by atoms with Gasteiger partial charge in [0, 0.05) is 21.6 Å². The molecule has 0 aliphatic carbocycles. The van der Waals surface area contributed by atoms with Crippen molar-refractivity contribution < 1.29 is 4.39 Å². The van der Waals surface area contributed by atoms with Gasteiger partial charge in [-0.05, 0) is 41.2 Å². The first-order valence-electron chi connectivity index (χ1n) is 10.5. The zero-order valence-electron chi connectivity index (χ0n) is 18.8. The number of anilines is 2. The van der Waals surface area contributed by atoms with Crippen molar-refractivity contribution in [3.63, 3.8) is 0 Å². The minimum Gasteiger partial charge on any atom is -0.384 e. The Labute approximate surface area is 182 Å². The number of nitrogen functional groups attached to an aromatic ring is 2. The monoisotopic (exact) mass is 416 g/mol. The third-order valence-corrected chi connectivity index (χ3v) is 5.84. The van der Waals surface area contributed by atoms with Gasteiger partial charge in [-0.15, -0.1) is 0 Å². The van der Waals surface area contributed by atoms with Gasteiger partial charge < -0.3 is 11.5 Å². The quantitative estimate of drug-likeness (QED) is 0.435. The summed E-state index contributed by atoms with van der Waals surface area (Å²) in [7, 11) is 0. The third kappa shape index (κ3) is 3.80. The molecule has 2 aromatic carbocycles. The van der Waals surface area contributed by atoms with Crippen LogP contribution in [0.25, 0.3) is 21.7 Å². The van der Waals surface area contributed by atoms with Crippen LogP contribution in [0.3, 0.4) is 0 Å². The smallest absolute Gasteiger partial charge is 0.173 e. The number of nitrogens with zero attached hydrogens (tertiary/aromatic N) is 2. The van der Waals surface area contributed by atoms with Gasteiger partial charge in [-0.3, -0.25) is 0 Å². The van der Waals surface area contributed by atoms with Gasteiger partial charge >= 0.3 is 0 Å². The van der Waals surface area contributed by atoms with Gasteiger partial charge in [-0.1, -0.05) is 65.0 Å². The average molecular weight is 417 g/mol. The molecule has 0 atom stereocenters. The number of rotatable bonds is 3. The summed E-state index contributed by atoms with van der Waals surface area (Å²) in [6, 6.07) is 15.6. The van der Waals surface area contributed by atoms with Crippen molar-refractivity contribution in [2.75, 3.05) is 11.5 Å². The Kier molecular flexibility index (Phi) is 4.88. The normalized spacial score (nSPS) is 12.6. The number of hydrogen-bond acceptors (Lipinski definition) is 4. The molecule has 2 heterocycles. The Hall–Kier alpha value is -3.21. The van der Waals surface area contributed by atoms with E-state index in [-0.39, 0.29) is 16.6 Å². The molecule has 4 aromatic rings. The second kappa shape index (κ2) is 7.19. The van der Waals surface area contributed by atoms with E-state index in [0.29, 0.717) is 11.2 Å². The van der Waals surface area contributed by atoms with Crippen LogP contribution in [0.15, 0.2) is 48.5 Å².